The fraction of sp³-hybridized carbons (Fsp3) is 0.556. The zero-order chi connectivity index (χ0) is 17.9. The number of anilines is 1. The van der Waals surface area contributed by atoms with E-state index in [0.29, 0.717) is 26.3 Å². The van der Waals surface area contributed by atoms with E-state index in [1.54, 1.807) is 6.92 Å². The van der Waals surface area contributed by atoms with E-state index in [1.165, 1.54) is 0 Å². The van der Waals surface area contributed by atoms with Crippen molar-refractivity contribution in [3.63, 3.8) is 0 Å². The fourth-order valence-electron chi connectivity index (χ4n) is 3.08. The molecule has 0 saturated carbocycles. The average Bonchev–Trinajstić information content (AvgIpc) is 2.95. The summed E-state index contributed by atoms with van der Waals surface area (Å²) in [6, 6.07) is 1.89. The molecule has 0 aromatic carbocycles. The van der Waals surface area contributed by atoms with Crippen LogP contribution in [0.1, 0.15) is 29.6 Å². The predicted molar refractivity (Wildman–Crippen MR) is 94.5 cm³/mol. The van der Waals surface area contributed by atoms with E-state index >= 15 is 0 Å². The van der Waals surface area contributed by atoms with Crippen LogP contribution >= 0.6 is 0 Å². The van der Waals surface area contributed by atoms with Gasteiger partial charge in [0.1, 0.15) is 17.1 Å². The summed E-state index contributed by atoms with van der Waals surface area (Å²) in [5.74, 6) is 2.30. The molecule has 3 heterocycles. The Morgan fingerprint density at radius 3 is 2.52 bits per heavy atom. The van der Waals surface area contributed by atoms with Gasteiger partial charge < -0.3 is 24.5 Å². The van der Waals surface area contributed by atoms with Crippen LogP contribution in [0.25, 0.3) is 0 Å². The lowest BCUT2D eigenvalue weighted by molar-refractivity contribution is 0.0551. The number of ether oxygens (including phenoxy) is 1. The van der Waals surface area contributed by atoms with Gasteiger partial charge in [-0.15, -0.1) is 0 Å². The molecule has 0 radical (unpaired) electrons. The molecule has 0 spiro atoms. The van der Waals surface area contributed by atoms with Crippen molar-refractivity contribution >= 4 is 5.95 Å². The van der Waals surface area contributed by atoms with Gasteiger partial charge in [-0.05, 0) is 26.8 Å². The first kappa shape index (κ1) is 17.8. The molecule has 136 valence electrons. The second-order valence-electron chi connectivity index (χ2n) is 6.70. The van der Waals surface area contributed by atoms with Gasteiger partial charge in [-0.25, -0.2) is 9.97 Å². The predicted octanol–water partition coefficient (Wildman–Crippen LogP) is 1.52. The van der Waals surface area contributed by atoms with Crippen LogP contribution in [0.3, 0.4) is 0 Å². The number of rotatable bonds is 6. The molecule has 1 atom stereocenters. The number of aliphatic hydroxyl groups is 1. The zero-order valence-electron chi connectivity index (χ0n) is 15.1. The Balaban J connectivity index is 1.54. The Bertz CT molecular complexity index is 691. The van der Waals surface area contributed by atoms with Gasteiger partial charge in [0, 0.05) is 49.7 Å². The smallest absolute Gasteiger partial charge is 0.225 e. The summed E-state index contributed by atoms with van der Waals surface area (Å²) in [4.78, 5) is 11.0. The Hall–Kier alpha value is -1.96. The monoisotopic (exact) mass is 346 g/mol. The van der Waals surface area contributed by atoms with Gasteiger partial charge in [-0.2, -0.15) is 0 Å². The molecule has 25 heavy (non-hydrogen) atoms. The highest BCUT2D eigenvalue weighted by atomic mass is 16.5. The number of furan rings is 1. The maximum absolute atomic E-state index is 10.7. The summed E-state index contributed by atoms with van der Waals surface area (Å²) in [5.41, 5.74) is 0.806. The fourth-order valence-corrected chi connectivity index (χ4v) is 3.08. The first-order valence-corrected chi connectivity index (χ1v) is 8.60. The van der Waals surface area contributed by atoms with Crippen molar-refractivity contribution in [2.24, 2.45) is 0 Å². The summed E-state index contributed by atoms with van der Waals surface area (Å²) in [7, 11) is 0. The van der Waals surface area contributed by atoms with E-state index in [4.69, 9.17) is 9.15 Å². The van der Waals surface area contributed by atoms with Gasteiger partial charge in [0.15, 0.2) is 0 Å². The minimum absolute atomic E-state index is 0.415. The molecule has 3 rings (SSSR count). The Morgan fingerprint density at radius 2 is 1.92 bits per heavy atom. The summed E-state index contributed by atoms with van der Waals surface area (Å²) >= 11 is 0. The SMILES string of the molecule is Cc1cc(C(C)(O)CNCc2cnc(N3CCOCC3)nc2)c(C)o1. The normalized spacial score (nSPS) is 17.5. The van der Waals surface area contributed by atoms with Gasteiger partial charge in [0.2, 0.25) is 5.95 Å². The number of aryl methyl sites for hydroxylation is 2. The first-order valence-electron chi connectivity index (χ1n) is 8.60. The minimum atomic E-state index is -0.990. The number of nitrogens with zero attached hydrogens (tertiary/aromatic N) is 3. The number of nitrogens with one attached hydrogen (secondary N) is 1. The van der Waals surface area contributed by atoms with Gasteiger partial charge in [0.25, 0.3) is 0 Å². The van der Waals surface area contributed by atoms with Crippen LogP contribution in [-0.4, -0.2) is 47.9 Å². The lowest BCUT2D eigenvalue weighted by atomic mass is 9.96. The highest BCUT2D eigenvalue weighted by Crippen LogP contribution is 2.26. The molecule has 7 heteroatoms. The van der Waals surface area contributed by atoms with Crippen molar-refractivity contribution in [1.82, 2.24) is 15.3 Å². The number of morpholine rings is 1. The summed E-state index contributed by atoms with van der Waals surface area (Å²) in [5, 5.41) is 14.0. The molecule has 7 nitrogen and oxygen atoms in total. The van der Waals surface area contributed by atoms with Crippen molar-refractivity contribution in [3.05, 3.63) is 41.1 Å². The van der Waals surface area contributed by atoms with Crippen LogP contribution < -0.4 is 10.2 Å². The number of hydrogen-bond acceptors (Lipinski definition) is 7. The topological polar surface area (TPSA) is 83.7 Å². The average molecular weight is 346 g/mol. The zero-order valence-corrected chi connectivity index (χ0v) is 15.1. The van der Waals surface area contributed by atoms with Crippen molar-refractivity contribution in [1.29, 1.82) is 0 Å². The lowest BCUT2D eigenvalue weighted by Gasteiger charge is -2.26. The van der Waals surface area contributed by atoms with Gasteiger partial charge in [-0.3, -0.25) is 0 Å². The van der Waals surface area contributed by atoms with E-state index in [2.05, 4.69) is 20.2 Å². The Morgan fingerprint density at radius 1 is 1.24 bits per heavy atom. The summed E-state index contributed by atoms with van der Waals surface area (Å²) in [6.07, 6.45) is 3.65. The molecule has 1 fully saturated rings. The van der Waals surface area contributed by atoms with Gasteiger partial charge in [0.05, 0.1) is 13.2 Å². The molecule has 0 aliphatic carbocycles. The third kappa shape index (κ3) is 4.36. The van der Waals surface area contributed by atoms with E-state index in [9.17, 15) is 5.11 Å². The van der Waals surface area contributed by atoms with Crippen LogP contribution in [0.4, 0.5) is 5.95 Å². The standard InChI is InChI=1S/C18H26N4O3/c1-13-8-16(14(2)25-13)18(3,23)12-19-9-15-10-20-17(21-11-15)22-4-6-24-7-5-22/h8,10-11,19,23H,4-7,9,12H2,1-3H3. The first-order chi connectivity index (χ1) is 12.0. The van der Waals surface area contributed by atoms with Crippen LogP contribution in [0.15, 0.2) is 22.9 Å². The third-order valence-corrected chi connectivity index (χ3v) is 4.41. The van der Waals surface area contributed by atoms with Crippen LogP contribution in [0.5, 0.6) is 0 Å². The molecule has 0 bridgehead atoms. The van der Waals surface area contributed by atoms with Crippen molar-refractivity contribution < 1.29 is 14.3 Å². The van der Waals surface area contributed by atoms with Crippen LogP contribution in [0, 0.1) is 13.8 Å². The second-order valence-corrected chi connectivity index (χ2v) is 6.70. The highest BCUT2D eigenvalue weighted by molar-refractivity contribution is 5.30. The molecule has 0 amide bonds. The van der Waals surface area contributed by atoms with Gasteiger partial charge in [-0.1, -0.05) is 0 Å². The maximum Gasteiger partial charge on any atom is 0.225 e. The van der Waals surface area contributed by atoms with E-state index in [1.807, 2.05) is 32.3 Å². The molecular weight excluding hydrogens is 320 g/mol. The summed E-state index contributed by atoms with van der Waals surface area (Å²) < 4.78 is 10.9. The Kier molecular flexibility index (Phi) is 5.36. The van der Waals surface area contributed by atoms with Gasteiger partial charge >= 0.3 is 0 Å². The lowest BCUT2D eigenvalue weighted by Crippen LogP contribution is -2.37. The molecule has 1 saturated heterocycles. The van der Waals surface area contributed by atoms with E-state index in [0.717, 1.165) is 41.7 Å². The Labute approximate surface area is 148 Å². The molecule has 2 aromatic rings. The molecule has 1 aliphatic heterocycles. The molecule has 2 aromatic heterocycles. The van der Waals surface area contributed by atoms with E-state index in [-0.39, 0.29) is 0 Å². The molecule has 1 aliphatic rings. The van der Waals surface area contributed by atoms with Crippen LogP contribution in [0.2, 0.25) is 0 Å². The third-order valence-electron chi connectivity index (χ3n) is 4.41. The van der Waals surface area contributed by atoms with Crippen molar-refractivity contribution in [3.8, 4) is 0 Å². The largest absolute Gasteiger partial charge is 0.466 e. The number of hydrogen-bond donors (Lipinski definition) is 2. The van der Waals surface area contributed by atoms with Crippen LogP contribution in [-0.2, 0) is 16.9 Å². The second kappa shape index (κ2) is 7.51. The quantitative estimate of drug-likeness (QED) is 0.820. The van der Waals surface area contributed by atoms with Crippen molar-refractivity contribution in [2.75, 3.05) is 37.7 Å². The molecular formula is C18H26N4O3. The maximum atomic E-state index is 10.7. The molecule has 2 N–H and O–H groups in total. The number of aromatic nitrogens is 2. The highest BCUT2D eigenvalue weighted by Gasteiger charge is 2.27. The minimum Gasteiger partial charge on any atom is -0.466 e. The van der Waals surface area contributed by atoms with E-state index < -0.39 is 5.60 Å². The van der Waals surface area contributed by atoms with Crippen molar-refractivity contribution in [2.45, 2.75) is 32.9 Å². The summed E-state index contributed by atoms with van der Waals surface area (Å²) in [6.45, 7) is 9.63. The molecule has 1 unspecified atom stereocenters.